The molecule has 1 unspecified atom stereocenters. The lowest BCUT2D eigenvalue weighted by Crippen LogP contribution is -2.54. The number of aliphatic hydroxyl groups excluding tert-OH is 1. The summed E-state index contributed by atoms with van der Waals surface area (Å²) in [7, 11) is -3.40. The summed E-state index contributed by atoms with van der Waals surface area (Å²) in [6.45, 7) is 2.77. The molecular weight excluding hydrogens is 404 g/mol. The molecule has 0 aromatic carbocycles. The van der Waals surface area contributed by atoms with E-state index < -0.39 is 28.1 Å². The van der Waals surface area contributed by atoms with Gasteiger partial charge in [-0.2, -0.15) is 0 Å². The fourth-order valence-corrected chi connectivity index (χ4v) is 5.32. The van der Waals surface area contributed by atoms with Crippen LogP contribution < -0.4 is 15.4 Å². The van der Waals surface area contributed by atoms with Crippen molar-refractivity contribution in [3.8, 4) is 0 Å². The van der Waals surface area contributed by atoms with Crippen LogP contribution in [0.2, 0.25) is 0 Å². The third-order valence-electron chi connectivity index (χ3n) is 4.75. The summed E-state index contributed by atoms with van der Waals surface area (Å²) < 4.78 is 25.3. The van der Waals surface area contributed by atoms with Crippen LogP contribution in [-0.2, 0) is 16.4 Å². The Hall–Kier alpha value is -1.95. The van der Waals surface area contributed by atoms with Gasteiger partial charge >= 0.3 is 5.97 Å². The molecular formula is C17H24N4O5S2. The molecule has 3 heterocycles. The predicted octanol–water partition coefficient (Wildman–Crippen LogP) is 1.02. The highest BCUT2D eigenvalue weighted by Gasteiger charge is 2.31. The highest BCUT2D eigenvalue weighted by Crippen LogP contribution is 2.37. The van der Waals surface area contributed by atoms with Crippen LogP contribution in [-0.4, -0.2) is 61.1 Å². The summed E-state index contributed by atoms with van der Waals surface area (Å²) in [5.74, 6) is -0.446. The largest absolute Gasteiger partial charge is 0.477 e. The fraction of sp³-hybridized carbons (Fsp3) is 0.529. The van der Waals surface area contributed by atoms with Gasteiger partial charge in [0.25, 0.3) is 0 Å². The summed E-state index contributed by atoms with van der Waals surface area (Å²) >= 11 is 1.04. The number of hydrogen-bond donors (Lipinski definition) is 4. The van der Waals surface area contributed by atoms with Gasteiger partial charge in [0.05, 0.1) is 24.1 Å². The Bertz CT molecular complexity index is 1000. The van der Waals surface area contributed by atoms with Gasteiger partial charge in [-0.15, -0.1) is 11.3 Å². The van der Waals surface area contributed by atoms with Crippen molar-refractivity contribution in [2.75, 3.05) is 30.0 Å². The zero-order valence-corrected chi connectivity index (χ0v) is 17.3. The van der Waals surface area contributed by atoms with Crippen molar-refractivity contribution < 1.29 is 23.4 Å². The quantitative estimate of drug-likeness (QED) is 0.533. The summed E-state index contributed by atoms with van der Waals surface area (Å²) in [6.07, 6.45) is 2.21. The Balaban J connectivity index is 1.94. The van der Waals surface area contributed by atoms with Crippen LogP contribution in [0, 0.1) is 0 Å². The second kappa shape index (κ2) is 7.82. The second-order valence-corrected chi connectivity index (χ2v) is 9.80. The monoisotopic (exact) mass is 428 g/mol. The SMILES string of the molecule is CCCc1cc(N2CCC(NS(C)(=O)=O)[C@@H](O)C2)nc2sc(C(=O)O)c(N)c12. The molecule has 0 bridgehead atoms. The van der Waals surface area contributed by atoms with E-state index in [9.17, 15) is 23.4 Å². The normalized spacial score (nSPS) is 20.6. The topological polar surface area (TPSA) is 146 Å². The number of carboxylic acids is 1. The van der Waals surface area contributed by atoms with Gasteiger partial charge in [0.2, 0.25) is 10.0 Å². The number of rotatable bonds is 6. The Morgan fingerprint density at radius 2 is 2.21 bits per heavy atom. The maximum absolute atomic E-state index is 11.4. The number of carbonyl (C=O) groups is 1. The van der Waals surface area contributed by atoms with Crippen molar-refractivity contribution in [1.29, 1.82) is 0 Å². The first-order chi connectivity index (χ1) is 13.1. The number of aryl methyl sites for hydroxylation is 1. The van der Waals surface area contributed by atoms with Gasteiger partial charge in [-0.1, -0.05) is 13.3 Å². The number of anilines is 2. The number of piperidine rings is 1. The smallest absolute Gasteiger partial charge is 0.348 e. The van der Waals surface area contributed by atoms with Crippen LogP contribution >= 0.6 is 11.3 Å². The highest BCUT2D eigenvalue weighted by molar-refractivity contribution is 7.88. The molecule has 0 amide bonds. The summed E-state index contributed by atoms with van der Waals surface area (Å²) in [5.41, 5.74) is 7.24. The number of aliphatic hydroxyl groups is 1. The molecule has 5 N–H and O–H groups in total. The molecule has 0 spiro atoms. The van der Waals surface area contributed by atoms with Crippen molar-refractivity contribution in [3.05, 3.63) is 16.5 Å². The average molecular weight is 429 g/mol. The number of β-amino-alcohol motifs (C(OH)–C–C–N with tert-alkyl or cyclic N) is 1. The molecule has 9 nitrogen and oxygen atoms in total. The van der Waals surface area contributed by atoms with Gasteiger partial charge in [0.1, 0.15) is 15.5 Å². The fourth-order valence-electron chi connectivity index (χ4n) is 3.52. The molecule has 2 aromatic rings. The zero-order valence-electron chi connectivity index (χ0n) is 15.7. The van der Waals surface area contributed by atoms with Crippen LogP contribution in [0.1, 0.15) is 35.0 Å². The van der Waals surface area contributed by atoms with E-state index in [2.05, 4.69) is 9.71 Å². The molecule has 28 heavy (non-hydrogen) atoms. The van der Waals surface area contributed by atoms with Crippen LogP contribution in [0.25, 0.3) is 10.2 Å². The summed E-state index contributed by atoms with van der Waals surface area (Å²) in [4.78, 5) is 18.6. The number of nitrogens with one attached hydrogen (secondary N) is 1. The predicted molar refractivity (Wildman–Crippen MR) is 110 cm³/mol. The van der Waals surface area contributed by atoms with Crippen molar-refractivity contribution in [3.63, 3.8) is 0 Å². The van der Waals surface area contributed by atoms with Gasteiger partial charge in [0, 0.05) is 18.5 Å². The first-order valence-electron chi connectivity index (χ1n) is 8.96. The van der Waals surface area contributed by atoms with Crippen molar-refractivity contribution >= 4 is 49.1 Å². The Labute approximate surface area is 167 Å². The van der Waals surface area contributed by atoms with Gasteiger partial charge in [0.15, 0.2) is 0 Å². The molecule has 1 aliphatic heterocycles. The lowest BCUT2D eigenvalue weighted by atomic mass is 10.0. The van der Waals surface area contributed by atoms with Crippen LogP contribution in [0.4, 0.5) is 11.5 Å². The molecule has 154 valence electrons. The van der Waals surface area contributed by atoms with Crippen LogP contribution in [0.5, 0.6) is 0 Å². The first kappa shape index (κ1) is 20.8. The van der Waals surface area contributed by atoms with E-state index >= 15 is 0 Å². The maximum atomic E-state index is 11.4. The van der Waals surface area contributed by atoms with E-state index in [-0.39, 0.29) is 17.1 Å². The maximum Gasteiger partial charge on any atom is 0.348 e. The number of aromatic nitrogens is 1. The minimum atomic E-state index is -3.40. The van der Waals surface area contributed by atoms with E-state index in [4.69, 9.17) is 5.73 Å². The van der Waals surface area contributed by atoms with E-state index in [0.717, 1.165) is 36.0 Å². The molecule has 0 saturated carbocycles. The number of nitrogen functional groups attached to an aromatic ring is 1. The Morgan fingerprint density at radius 1 is 1.50 bits per heavy atom. The molecule has 1 saturated heterocycles. The van der Waals surface area contributed by atoms with E-state index in [1.165, 1.54) is 0 Å². The van der Waals surface area contributed by atoms with Crippen LogP contribution in [0.3, 0.4) is 0 Å². The van der Waals surface area contributed by atoms with E-state index in [1.54, 1.807) is 0 Å². The number of nitrogens with zero attached hydrogens (tertiary/aromatic N) is 2. The molecule has 0 radical (unpaired) electrons. The second-order valence-electron chi connectivity index (χ2n) is 7.02. The first-order valence-corrected chi connectivity index (χ1v) is 11.7. The highest BCUT2D eigenvalue weighted by atomic mass is 32.2. The molecule has 0 aliphatic carbocycles. The Kier molecular flexibility index (Phi) is 5.80. The molecule has 2 aromatic heterocycles. The Morgan fingerprint density at radius 3 is 2.79 bits per heavy atom. The average Bonchev–Trinajstić information content (AvgIpc) is 2.93. The number of carboxylic acid groups (broad SMARTS) is 1. The molecule has 11 heteroatoms. The number of fused-ring (bicyclic) bond motifs is 1. The third kappa shape index (κ3) is 4.22. The number of nitrogens with two attached hydrogens (primary N) is 1. The van der Waals surface area contributed by atoms with Crippen molar-refractivity contribution in [2.24, 2.45) is 0 Å². The van der Waals surface area contributed by atoms with E-state index in [0.29, 0.717) is 29.0 Å². The van der Waals surface area contributed by atoms with Gasteiger partial charge < -0.3 is 20.8 Å². The minimum absolute atomic E-state index is 0.0769. The lowest BCUT2D eigenvalue weighted by Gasteiger charge is -2.36. The van der Waals surface area contributed by atoms with E-state index in [1.807, 2.05) is 17.9 Å². The number of aromatic carboxylic acids is 1. The number of pyridine rings is 1. The van der Waals surface area contributed by atoms with Crippen molar-refractivity contribution in [2.45, 2.75) is 38.3 Å². The molecule has 1 fully saturated rings. The minimum Gasteiger partial charge on any atom is -0.477 e. The third-order valence-corrected chi connectivity index (χ3v) is 6.57. The summed E-state index contributed by atoms with van der Waals surface area (Å²) in [5, 5.41) is 20.4. The number of thiophene rings is 1. The lowest BCUT2D eigenvalue weighted by molar-refractivity contribution is 0.0703. The molecule has 1 aliphatic rings. The van der Waals surface area contributed by atoms with Gasteiger partial charge in [-0.25, -0.2) is 22.9 Å². The zero-order chi connectivity index (χ0) is 20.6. The number of sulfonamides is 1. The van der Waals surface area contributed by atoms with Crippen LogP contribution in [0.15, 0.2) is 6.07 Å². The van der Waals surface area contributed by atoms with Gasteiger partial charge in [-0.05, 0) is 24.5 Å². The van der Waals surface area contributed by atoms with Gasteiger partial charge in [-0.3, -0.25) is 0 Å². The molecule has 2 atom stereocenters. The van der Waals surface area contributed by atoms with Crippen molar-refractivity contribution in [1.82, 2.24) is 9.71 Å². The number of hydrogen-bond acceptors (Lipinski definition) is 8. The molecule has 3 rings (SSSR count). The standard InChI is InChI=1S/C17H24N4O5S2/c1-3-4-9-7-12(19-16-13(9)14(18)15(27-16)17(23)24)21-6-5-10(11(22)8-21)20-28(2,25)26/h7,10-11,20,22H,3-6,8,18H2,1-2H3,(H,23,24)/t10?,11-/m0/s1. The summed E-state index contributed by atoms with van der Waals surface area (Å²) in [6, 6.07) is 1.35.